The smallest absolute Gasteiger partial charge is 0.322 e. The molecular weight excluding hydrogens is 370 g/mol. The number of thiophene rings is 1. The molecule has 1 amide bonds. The monoisotopic (exact) mass is 379 g/mol. The number of carbonyl (C=O) groups is 1. The van der Waals surface area contributed by atoms with E-state index < -0.39 is 0 Å². The zero-order chi connectivity index (χ0) is 15.5. The Bertz CT molecular complexity index is 798. The van der Waals surface area contributed by atoms with Gasteiger partial charge in [0.2, 0.25) is 0 Å². The molecule has 1 aromatic carbocycles. The lowest BCUT2D eigenvalue weighted by Crippen LogP contribution is -2.11. The van der Waals surface area contributed by atoms with Crippen LogP contribution in [0.5, 0.6) is 5.75 Å². The fourth-order valence-electron chi connectivity index (χ4n) is 1.71. The second-order valence-electron chi connectivity index (χ2n) is 4.20. The minimum Gasteiger partial charge on any atom is -0.497 e. The second kappa shape index (κ2) is 6.29. The van der Waals surface area contributed by atoms with Gasteiger partial charge in [0, 0.05) is 5.56 Å². The van der Waals surface area contributed by atoms with Crippen LogP contribution in [-0.2, 0) is 0 Å². The number of carbonyl (C=O) groups excluding carboxylic acids is 1. The van der Waals surface area contributed by atoms with Gasteiger partial charge in [0.05, 0.1) is 15.8 Å². The summed E-state index contributed by atoms with van der Waals surface area (Å²) in [6, 6.07) is 10.5. The summed E-state index contributed by atoms with van der Waals surface area (Å²) in [6.45, 7) is 0. The van der Waals surface area contributed by atoms with Crippen molar-refractivity contribution < 1.29 is 13.9 Å². The van der Waals surface area contributed by atoms with E-state index in [1.54, 1.807) is 31.4 Å². The predicted octanol–water partition coefficient (Wildman–Crippen LogP) is 3.82. The van der Waals surface area contributed by atoms with Gasteiger partial charge >= 0.3 is 6.01 Å². The average Bonchev–Trinajstić information content (AvgIpc) is 3.16. The van der Waals surface area contributed by atoms with Crippen molar-refractivity contribution in [1.29, 1.82) is 0 Å². The molecule has 0 unspecified atom stereocenters. The Balaban J connectivity index is 1.72. The van der Waals surface area contributed by atoms with E-state index in [1.807, 2.05) is 12.1 Å². The highest BCUT2D eigenvalue weighted by atomic mass is 79.9. The molecule has 8 heteroatoms. The lowest BCUT2D eigenvalue weighted by atomic mass is 10.2. The Kier molecular flexibility index (Phi) is 4.21. The van der Waals surface area contributed by atoms with E-state index in [1.165, 1.54) is 11.3 Å². The lowest BCUT2D eigenvalue weighted by Gasteiger charge is -2.02. The highest BCUT2D eigenvalue weighted by molar-refractivity contribution is 9.11. The highest BCUT2D eigenvalue weighted by Crippen LogP contribution is 2.31. The zero-order valence-corrected chi connectivity index (χ0v) is 13.8. The van der Waals surface area contributed by atoms with E-state index >= 15 is 0 Å². The van der Waals surface area contributed by atoms with Gasteiger partial charge in [-0.05, 0) is 52.3 Å². The van der Waals surface area contributed by atoms with Crippen molar-refractivity contribution in [2.24, 2.45) is 0 Å². The Labute approximate surface area is 138 Å². The van der Waals surface area contributed by atoms with Gasteiger partial charge in [-0.25, -0.2) is 0 Å². The molecule has 0 aliphatic carbocycles. The van der Waals surface area contributed by atoms with Gasteiger partial charge in [-0.15, -0.1) is 16.4 Å². The van der Waals surface area contributed by atoms with E-state index in [9.17, 15) is 4.79 Å². The van der Waals surface area contributed by atoms with Gasteiger partial charge < -0.3 is 9.15 Å². The van der Waals surface area contributed by atoms with Crippen LogP contribution in [0.3, 0.4) is 0 Å². The molecule has 6 nitrogen and oxygen atoms in total. The van der Waals surface area contributed by atoms with E-state index in [0.717, 1.165) is 8.66 Å². The van der Waals surface area contributed by atoms with Crippen molar-refractivity contribution in [1.82, 2.24) is 10.2 Å². The molecule has 0 atom stereocenters. The topological polar surface area (TPSA) is 77.2 Å². The third-order valence-electron chi connectivity index (χ3n) is 2.78. The van der Waals surface area contributed by atoms with Gasteiger partial charge in [0.15, 0.2) is 0 Å². The third-order valence-corrected chi connectivity index (χ3v) is 4.39. The maximum absolute atomic E-state index is 12.1. The SMILES string of the molecule is COc1ccc(C(=O)Nc2nnc(-c3ccc(Br)s3)o2)cc1. The number of nitrogens with one attached hydrogen (secondary N) is 1. The molecule has 1 N–H and O–H groups in total. The highest BCUT2D eigenvalue weighted by Gasteiger charge is 2.14. The molecule has 0 spiro atoms. The number of amides is 1. The first-order chi connectivity index (χ1) is 10.7. The second-order valence-corrected chi connectivity index (χ2v) is 6.66. The molecule has 0 aliphatic rings. The molecule has 0 radical (unpaired) electrons. The molecule has 22 heavy (non-hydrogen) atoms. The molecule has 112 valence electrons. The summed E-state index contributed by atoms with van der Waals surface area (Å²) in [7, 11) is 1.57. The zero-order valence-electron chi connectivity index (χ0n) is 11.4. The third kappa shape index (κ3) is 3.18. The van der Waals surface area contributed by atoms with Crippen LogP contribution in [0.15, 0.2) is 44.6 Å². The van der Waals surface area contributed by atoms with Crippen LogP contribution < -0.4 is 10.1 Å². The average molecular weight is 380 g/mol. The van der Waals surface area contributed by atoms with Gasteiger partial charge in [-0.1, -0.05) is 5.10 Å². The number of hydrogen-bond acceptors (Lipinski definition) is 6. The number of halogens is 1. The van der Waals surface area contributed by atoms with Gasteiger partial charge in [-0.3, -0.25) is 10.1 Å². The lowest BCUT2D eigenvalue weighted by molar-refractivity contribution is 0.102. The maximum atomic E-state index is 12.1. The van der Waals surface area contributed by atoms with Gasteiger partial charge in [0.1, 0.15) is 5.75 Å². The first kappa shape index (κ1) is 14.7. The summed E-state index contributed by atoms with van der Waals surface area (Å²) in [5.41, 5.74) is 0.472. The van der Waals surface area contributed by atoms with Gasteiger partial charge in [-0.2, -0.15) is 0 Å². The summed E-state index contributed by atoms with van der Waals surface area (Å²) < 4.78 is 11.4. The fourth-order valence-corrected chi connectivity index (χ4v) is 3.02. The minimum atomic E-state index is -0.329. The van der Waals surface area contributed by atoms with Crippen molar-refractivity contribution in [3.8, 4) is 16.5 Å². The molecule has 2 aromatic heterocycles. The molecule has 3 rings (SSSR count). The molecular formula is C14H10BrN3O3S. The summed E-state index contributed by atoms with van der Waals surface area (Å²) in [4.78, 5) is 12.9. The van der Waals surface area contributed by atoms with Crippen molar-refractivity contribution in [2.45, 2.75) is 0 Å². The Morgan fingerprint density at radius 1 is 1.23 bits per heavy atom. The number of methoxy groups -OCH3 is 1. The van der Waals surface area contributed by atoms with Crippen LogP contribution in [0.25, 0.3) is 10.8 Å². The van der Waals surface area contributed by atoms with Crippen LogP contribution in [-0.4, -0.2) is 23.2 Å². The van der Waals surface area contributed by atoms with Gasteiger partial charge in [0.25, 0.3) is 11.8 Å². The summed E-state index contributed by atoms with van der Waals surface area (Å²) in [5, 5.41) is 10.3. The fraction of sp³-hybridized carbons (Fsp3) is 0.0714. The Hall–Kier alpha value is -2.19. The number of anilines is 1. The van der Waals surface area contributed by atoms with Crippen LogP contribution in [0.4, 0.5) is 6.01 Å². The van der Waals surface area contributed by atoms with E-state index in [2.05, 4.69) is 31.4 Å². The number of benzene rings is 1. The van der Waals surface area contributed by atoms with Crippen molar-refractivity contribution in [3.63, 3.8) is 0 Å². The minimum absolute atomic E-state index is 0.0559. The summed E-state index contributed by atoms with van der Waals surface area (Å²) >= 11 is 4.83. The number of ether oxygens (including phenoxy) is 1. The largest absolute Gasteiger partial charge is 0.497 e. The molecule has 3 aromatic rings. The van der Waals surface area contributed by atoms with E-state index in [4.69, 9.17) is 9.15 Å². The molecule has 2 heterocycles. The maximum Gasteiger partial charge on any atom is 0.322 e. The number of hydrogen-bond donors (Lipinski definition) is 1. The summed E-state index contributed by atoms with van der Waals surface area (Å²) in [6.07, 6.45) is 0. The van der Waals surface area contributed by atoms with Crippen LogP contribution >= 0.6 is 27.3 Å². The normalized spacial score (nSPS) is 10.5. The molecule has 0 aliphatic heterocycles. The standard InChI is InChI=1S/C14H10BrN3O3S/c1-20-9-4-2-8(3-5-9)12(19)16-14-18-17-13(21-14)10-6-7-11(15)22-10/h2-7H,1H3,(H,16,18,19). The summed E-state index contributed by atoms with van der Waals surface area (Å²) in [5.74, 6) is 0.714. The molecule has 0 bridgehead atoms. The number of aromatic nitrogens is 2. The molecule has 0 saturated carbocycles. The number of nitrogens with zero attached hydrogens (tertiary/aromatic N) is 2. The molecule has 0 saturated heterocycles. The first-order valence-corrected chi connectivity index (χ1v) is 7.81. The van der Waals surface area contributed by atoms with Crippen molar-refractivity contribution in [2.75, 3.05) is 12.4 Å². The quantitative estimate of drug-likeness (QED) is 0.745. The van der Waals surface area contributed by atoms with E-state index in [0.29, 0.717) is 17.2 Å². The van der Waals surface area contributed by atoms with Crippen molar-refractivity contribution in [3.05, 3.63) is 45.7 Å². The predicted molar refractivity (Wildman–Crippen MR) is 86.3 cm³/mol. The van der Waals surface area contributed by atoms with Crippen molar-refractivity contribution >= 4 is 39.2 Å². The Morgan fingerprint density at radius 2 is 2.00 bits per heavy atom. The molecule has 0 fully saturated rings. The van der Waals surface area contributed by atoms with Crippen LogP contribution in [0.2, 0.25) is 0 Å². The van der Waals surface area contributed by atoms with Crippen LogP contribution in [0, 0.1) is 0 Å². The Morgan fingerprint density at radius 3 is 2.64 bits per heavy atom. The first-order valence-electron chi connectivity index (χ1n) is 6.20. The van der Waals surface area contributed by atoms with E-state index in [-0.39, 0.29) is 11.9 Å². The van der Waals surface area contributed by atoms with Crippen LogP contribution in [0.1, 0.15) is 10.4 Å². The number of rotatable bonds is 4.